The first-order valence-electron chi connectivity index (χ1n) is 6.23. The average Bonchev–Trinajstić information content (AvgIpc) is 2.85. The van der Waals surface area contributed by atoms with Crippen molar-refractivity contribution < 1.29 is 4.74 Å². The second kappa shape index (κ2) is 3.49. The van der Waals surface area contributed by atoms with E-state index < -0.39 is 0 Å². The van der Waals surface area contributed by atoms with E-state index in [2.05, 4.69) is 25.1 Å². The third-order valence-corrected chi connectivity index (χ3v) is 4.05. The lowest BCUT2D eigenvalue weighted by Gasteiger charge is -2.26. The van der Waals surface area contributed by atoms with E-state index in [1.165, 1.54) is 17.5 Å². The Morgan fingerprint density at radius 1 is 1.44 bits per heavy atom. The van der Waals surface area contributed by atoms with Crippen molar-refractivity contribution in [2.24, 2.45) is 11.7 Å². The van der Waals surface area contributed by atoms with Gasteiger partial charge in [0, 0.05) is 17.5 Å². The van der Waals surface area contributed by atoms with Crippen LogP contribution in [0, 0.1) is 5.92 Å². The summed E-state index contributed by atoms with van der Waals surface area (Å²) in [6.45, 7) is 3.11. The molecule has 3 rings (SSSR count). The number of para-hydroxylation sites is 1. The number of fused-ring (bicyclic) bond motifs is 1. The quantitative estimate of drug-likeness (QED) is 0.784. The SMILES string of the molecule is CC1CCC(N)(c2cccc3c2OCC3)C1. The summed E-state index contributed by atoms with van der Waals surface area (Å²) in [5.74, 6) is 1.82. The molecule has 1 saturated carbocycles. The van der Waals surface area contributed by atoms with E-state index in [1.807, 2.05) is 0 Å². The number of hydrogen-bond acceptors (Lipinski definition) is 2. The summed E-state index contributed by atoms with van der Waals surface area (Å²) < 4.78 is 5.76. The molecule has 0 radical (unpaired) electrons. The van der Waals surface area contributed by atoms with Gasteiger partial charge in [-0.1, -0.05) is 25.1 Å². The highest BCUT2D eigenvalue weighted by Gasteiger charge is 2.38. The van der Waals surface area contributed by atoms with Gasteiger partial charge < -0.3 is 10.5 Å². The molecule has 2 unspecified atom stereocenters. The molecule has 2 aliphatic rings. The molecule has 0 spiro atoms. The topological polar surface area (TPSA) is 35.2 Å². The van der Waals surface area contributed by atoms with Gasteiger partial charge in [0.1, 0.15) is 5.75 Å². The van der Waals surface area contributed by atoms with Crippen molar-refractivity contribution in [3.8, 4) is 5.75 Å². The van der Waals surface area contributed by atoms with Crippen LogP contribution in [-0.4, -0.2) is 6.61 Å². The van der Waals surface area contributed by atoms with Crippen molar-refractivity contribution in [3.05, 3.63) is 29.3 Å². The molecule has 1 fully saturated rings. The van der Waals surface area contributed by atoms with Crippen LogP contribution in [0.1, 0.15) is 37.3 Å². The standard InChI is InChI=1S/C14H19NO/c1-10-5-7-14(15,9-10)12-4-2-3-11-6-8-16-13(11)12/h2-4,10H,5-9,15H2,1H3. The van der Waals surface area contributed by atoms with Gasteiger partial charge in [-0.3, -0.25) is 0 Å². The van der Waals surface area contributed by atoms with Crippen molar-refractivity contribution in [2.45, 2.75) is 38.1 Å². The van der Waals surface area contributed by atoms with Crippen molar-refractivity contribution in [2.75, 3.05) is 6.61 Å². The first-order valence-corrected chi connectivity index (χ1v) is 6.23. The fourth-order valence-electron chi connectivity index (χ4n) is 3.18. The molecule has 1 aromatic rings. The van der Waals surface area contributed by atoms with Gasteiger partial charge in [0.05, 0.1) is 6.61 Å². The Kier molecular flexibility index (Phi) is 2.21. The lowest BCUT2D eigenvalue weighted by atomic mass is 9.86. The molecule has 0 saturated heterocycles. The third kappa shape index (κ3) is 1.44. The van der Waals surface area contributed by atoms with Crippen LogP contribution in [0.2, 0.25) is 0 Å². The highest BCUT2D eigenvalue weighted by atomic mass is 16.5. The van der Waals surface area contributed by atoms with Crippen LogP contribution in [0.25, 0.3) is 0 Å². The van der Waals surface area contributed by atoms with Crippen LogP contribution in [0.3, 0.4) is 0 Å². The summed E-state index contributed by atoms with van der Waals surface area (Å²) in [6.07, 6.45) is 4.45. The molecule has 1 heterocycles. The van der Waals surface area contributed by atoms with Crippen LogP contribution >= 0.6 is 0 Å². The number of benzene rings is 1. The van der Waals surface area contributed by atoms with E-state index in [1.54, 1.807) is 0 Å². The van der Waals surface area contributed by atoms with E-state index in [0.717, 1.165) is 37.5 Å². The van der Waals surface area contributed by atoms with Gasteiger partial charge in [0.2, 0.25) is 0 Å². The van der Waals surface area contributed by atoms with Gasteiger partial charge in [-0.2, -0.15) is 0 Å². The zero-order chi connectivity index (χ0) is 11.2. The number of ether oxygens (including phenoxy) is 1. The molecule has 0 aromatic heterocycles. The molecule has 86 valence electrons. The maximum absolute atomic E-state index is 6.56. The lowest BCUT2D eigenvalue weighted by Crippen LogP contribution is -2.34. The number of rotatable bonds is 1. The third-order valence-electron chi connectivity index (χ3n) is 4.05. The summed E-state index contributed by atoms with van der Waals surface area (Å²) >= 11 is 0. The Bertz CT molecular complexity index is 415. The predicted molar refractivity (Wildman–Crippen MR) is 64.5 cm³/mol. The molecule has 2 heteroatoms. The number of hydrogen-bond donors (Lipinski definition) is 1. The Morgan fingerprint density at radius 2 is 2.31 bits per heavy atom. The lowest BCUT2D eigenvalue weighted by molar-refractivity contribution is 0.337. The highest BCUT2D eigenvalue weighted by Crippen LogP contribution is 2.45. The fraction of sp³-hybridized carbons (Fsp3) is 0.571. The highest BCUT2D eigenvalue weighted by molar-refractivity contribution is 5.48. The molecule has 2 N–H and O–H groups in total. The van der Waals surface area contributed by atoms with E-state index >= 15 is 0 Å². The minimum atomic E-state index is -0.144. The first-order chi connectivity index (χ1) is 7.69. The first kappa shape index (κ1) is 10.2. The summed E-state index contributed by atoms with van der Waals surface area (Å²) in [5, 5.41) is 0. The maximum Gasteiger partial charge on any atom is 0.127 e. The molecule has 1 aliphatic heterocycles. The molecule has 0 amide bonds. The maximum atomic E-state index is 6.56. The summed E-state index contributed by atoms with van der Waals surface area (Å²) in [4.78, 5) is 0. The molecule has 0 bridgehead atoms. The van der Waals surface area contributed by atoms with E-state index in [9.17, 15) is 0 Å². The van der Waals surface area contributed by atoms with Gasteiger partial charge in [0.25, 0.3) is 0 Å². The molecule has 2 atom stereocenters. The minimum absolute atomic E-state index is 0.144. The Morgan fingerprint density at radius 3 is 3.06 bits per heavy atom. The van der Waals surface area contributed by atoms with Crippen LogP contribution < -0.4 is 10.5 Å². The van der Waals surface area contributed by atoms with E-state index in [4.69, 9.17) is 10.5 Å². The fourth-order valence-corrected chi connectivity index (χ4v) is 3.18. The van der Waals surface area contributed by atoms with Gasteiger partial charge in [-0.15, -0.1) is 0 Å². The average molecular weight is 217 g/mol. The Hall–Kier alpha value is -1.02. The molecule has 16 heavy (non-hydrogen) atoms. The second-order valence-electron chi connectivity index (χ2n) is 5.40. The van der Waals surface area contributed by atoms with E-state index in [0.29, 0.717) is 0 Å². The van der Waals surface area contributed by atoms with Crippen molar-refractivity contribution in [3.63, 3.8) is 0 Å². The molecule has 2 nitrogen and oxygen atoms in total. The van der Waals surface area contributed by atoms with Crippen LogP contribution in [0.4, 0.5) is 0 Å². The molecular formula is C14H19NO. The smallest absolute Gasteiger partial charge is 0.127 e. The number of nitrogens with two attached hydrogens (primary N) is 1. The zero-order valence-electron chi connectivity index (χ0n) is 9.83. The summed E-state index contributed by atoms with van der Waals surface area (Å²) in [5.41, 5.74) is 9.00. The van der Waals surface area contributed by atoms with Crippen molar-refractivity contribution in [1.29, 1.82) is 0 Å². The largest absolute Gasteiger partial charge is 0.493 e. The van der Waals surface area contributed by atoms with E-state index in [-0.39, 0.29) is 5.54 Å². The predicted octanol–water partition coefficient (Wildman–Crippen LogP) is 2.60. The second-order valence-corrected chi connectivity index (χ2v) is 5.40. The van der Waals surface area contributed by atoms with Gasteiger partial charge >= 0.3 is 0 Å². The van der Waals surface area contributed by atoms with Crippen LogP contribution in [-0.2, 0) is 12.0 Å². The van der Waals surface area contributed by atoms with Gasteiger partial charge in [0.15, 0.2) is 0 Å². The molecular weight excluding hydrogens is 198 g/mol. The van der Waals surface area contributed by atoms with Crippen molar-refractivity contribution in [1.82, 2.24) is 0 Å². The van der Waals surface area contributed by atoms with Gasteiger partial charge in [-0.25, -0.2) is 0 Å². The zero-order valence-corrected chi connectivity index (χ0v) is 9.83. The van der Waals surface area contributed by atoms with Crippen LogP contribution in [0.15, 0.2) is 18.2 Å². The summed E-state index contributed by atoms with van der Waals surface area (Å²) in [7, 11) is 0. The normalized spacial score (nSPS) is 32.5. The molecule has 1 aromatic carbocycles. The van der Waals surface area contributed by atoms with Crippen LogP contribution in [0.5, 0.6) is 5.75 Å². The van der Waals surface area contributed by atoms with Gasteiger partial charge in [-0.05, 0) is 30.7 Å². The minimum Gasteiger partial charge on any atom is -0.493 e. The Labute approximate surface area is 96.8 Å². The van der Waals surface area contributed by atoms with Crippen molar-refractivity contribution >= 4 is 0 Å². The Balaban J connectivity index is 2.04. The molecule has 1 aliphatic carbocycles. The monoisotopic (exact) mass is 217 g/mol. The summed E-state index contributed by atoms with van der Waals surface area (Å²) in [6, 6.07) is 6.44.